The van der Waals surface area contributed by atoms with Crippen LogP contribution in [0.5, 0.6) is 0 Å². The molecule has 0 aromatic carbocycles. The molecule has 0 saturated heterocycles. The van der Waals surface area contributed by atoms with Crippen molar-refractivity contribution in [2.75, 3.05) is 0 Å². The molecule has 8 heteroatoms. The first-order valence-corrected chi connectivity index (χ1v) is 6.66. The molecule has 0 amide bonds. The largest absolute Gasteiger partial charge is 0.337 e. The molecular weight excluding hydrogens is 270 g/mol. The lowest BCUT2D eigenvalue weighted by Gasteiger charge is -2.01. The monoisotopic (exact) mass is 285 g/mol. The summed E-state index contributed by atoms with van der Waals surface area (Å²) in [7, 11) is 0. The van der Waals surface area contributed by atoms with Crippen LogP contribution in [0.2, 0.25) is 0 Å². The van der Waals surface area contributed by atoms with E-state index in [0.717, 1.165) is 12.1 Å². The fourth-order valence-corrected chi connectivity index (χ4v) is 1.83. The highest BCUT2D eigenvalue weighted by Crippen LogP contribution is 2.13. The Morgan fingerprint density at radius 2 is 2.29 bits per heavy atom. The average molecular weight is 285 g/mol. The molecule has 3 aromatic rings. The van der Waals surface area contributed by atoms with Crippen molar-refractivity contribution in [2.24, 2.45) is 5.73 Å². The normalized spacial score (nSPS) is 12.5. The van der Waals surface area contributed by atoms with Crippen LogP contribution in [0.15, 0.2) is 35.1 Å². The summed E-state index contributed by atoms with van der Waals surface area (Å²) in [5.41, 5.74) is 7.32. The molecular formula is C13H15N7O. The van der Waals surface area contributed by atoms with Crippen molar-refractivity contribution in [3.63, 3.8) is 0 Å². The van der Waals surface area contributed by atoms with E-state index in [1.807, 2.05) is 25.1 Å². The van der Waals surface area contributed by atoms with E-state index in [-0.39, 0.29) is 6.04 Å². The number of hydrogen-bond acceptors (Lipinski definition) is 7. The third-order valence-corrected chi connectivity index (χ3v) is 3.04. The summed E-state index contributed by atoms with van der Waals surface area (Å²) in [5.74, 6) is 0.897. The fourth-order valence-electron chi connectivity index (χ4n) is 1.83. The molecule has 21 heavy (non-hydrogen) atoms. The molecule has 0 saturated carbocycles. The molecule has 3 heterocycles. The fraction of sp³-hybridized carbons (Fsp3) is 0.308. The molecule has 0 aliphatic heterocycles. The van der Waals surface area contributed by atoms with Crippen LogP contribution in [-0.2, 0) is 6.54 Å². The van der Waals surface area contributed by atoms with Gasteiger partial charge in [-0.2, -0.15) is 4.98 Å². The third kappa shape index (κ3) is 2.95. The van der Waals surface area contributed by atoms with E-state index in [0.29, 0.717) is 24.0 Å². The Labute approximate surface area is 121 Å². The molecule has 3 rings (SSSR count). The van der Waals surface area contributed by atoms with E-state index in [1.54, 1.807) is 17.1 Å². The molecule has 0 aliphatic carbocycles. The topological polar surface area (TPSA) is 109 Å². The quantitative estimate of drug-likeness (QED) is 0.749. The first kappa shape index (κ1) is 13.4. The van der Waals surface area contributed by atoms with Gasteiger partial charge in [0.05, 0.1) is 17.9 Å². The molecule has 108 valence electrons. The van der Waals surface area contributed by atoms with Gasteiger partial charge in [-0.1, -0.05) is 23.4 Å². The Morgan fingerprint density at radius 3 is 3.05 bits per heavy atom. The first-order valence-electron chi connectivity index (χ1n) is 6.66. The maximum absolute atomic E-state index is 5.91. The number of pyridine rings is 1. The minimum Gasteiger partial charge on any atom is -0.337 e. The molecule has 0 radical (unpaired) electrons. The second-order valence-corrected chi connectivity index (χ2v) is 4.58. The predicted octanol–water partition coefficient (Wildman–Crippen LogP) is 1.18. The molecule has 8 nitrogen and oxygen atoms in total. The zero-order valence-electron chi connectivity index (χ0n) is 11.5. The lowest BCUT2D eigenvalue weighted by atomic mass is 10.2. The van der Waals surface area contributed by atoms with Gasteiger partial charge in [-0.05, 0) is 18.6 Å². The van der Waals surface area contributed by atoms with E-state index < -0.39 is 0 Å². The number of aromatic nitrogens is 6. The third-order valence-electron chi connectivity index (χ3n) is 3.04. The van der Waals surface area contributed by atoms with Gasteiger partial charge in [0.2, 0.25) is 11.7 Å². The van der Waals surface area contributed by atoms with E-state index >= 15 is 0 Å². The standard InChI is InChI=1S/C13H15N7O/c1-2-9(14)11-7-20(19-17-11)8-12-16-13(18-21-12)10-5-3-4-6-15-10/h3-7,9H,2,8,14H2,1H3. The summed E-state index contributed by atoms with van der Waals surface area (Å²) in [6.45, 7) is 2.35. The van der Waals surface area contributed by atoms with Crippen molar-refractivity contribution in [3.8, 4) is 11.5 Å². The van der Waals surface area contributed by atoms with Gasteiger partial charge in [-0.15, -0.1) is 5.10 Å². The van der Waals surface area contributed by atoms with Crippen LogP contribution in [-0.4, -0.2) is 30.1 Å². The van der Waals surface area contributed by atoms with Crippen LogP contribution in [0.4, 0.5) is 0 Å². The maximum Gasteiger partial charge on any atom is 0.248 e. The Kier molecular flexibility index (Phi) is 3.69. The molecule has 1 atom stereocenters. The van der Waals surface area contributed by atoms with Gasteiger partial charge in [0.25, 0.3) is 0 Å². The molecule has 1 unspecified atom stereocenters. The van der Waals surface area contributed by atoms with Crippen LogP contribution >= 0.6 is 0 Å². The maximum atomic E-state index is 5.91. The van der Waals surface area contributed by atoms with Gasteiger partial charge < -0.3 is 10.3 Å². The Bertz CT molecular complexity index is 706. The van der Waals surface area contributed by atoms with Crippen molar-refractivity contribution in [2.45, 2.75) is 25.9 Å². The number of rotatable bonds is 5. The van der Waals surface area contributed by atoms with Gasteiger partial charge >= 0.3 is 0 Å². The zero-order valence-corrected chi connectivity index (χ0v) is 11.5. The summed E-state index contributed by atoms with van der Waals surface area (Å²) in [6.07, 6.45) is 4.28. The van der Waals surface area contributed by atoms with Crippen LogP contribution in [0.25, 0.3) is 11.5 Å². The summed E-state index contributed by atoms with van der Waals surface area (Å²) >= 11 is 0. The van der Waals surface area contributed by atoms with E-state index in [1.165, 1.54) is 0 Å². The summed E-state index contributed by atoms with van der Waals surface area (Å²) in [5, 5.41) is 11.9. The highest BCUT2D eigenvalue weighted by Gasteiger charge is 2.12. The average Bonchev–Trinajstić information content (AvgIpc) is 3.17. The van der Waals surface area contributed by atoms with Crippen LogP contribution in [0, 0.1) is 0 Å². The second kappa shape index (κ2) is 5.80. The summed E-state index contributed by atoms with van der Waals surface area (Å²) in [6, 6.07) is 5.42. The Hall–Kier alpha value is -2.61. The number of hydrogen-bond donors (Lipinski definition) is 1. The highest BCUT2D eigenvalue weighted by molar-refractivity contribution is 5.46. The van der Waals surface area contributed by atoms with Gasteiger partial charge in [-0.3, -0.25) is 4.98 Å². The molecule has 3 aromatic heterocycles. The van der Waals surface area contributed by atoms with Crippen molar-refractivity contribution in [3.05, 3.63) is 42.2 Å². The van der Waals surface area contributed by atoms with Gasteiger partial charge in [0.1, 0.15) is 12.2 Å². The minimum absolute atomic E-state index is 0.106. The van der Waals surface area contributed by atoms with Crippen molar-refractivity contribution < 1.29 is 4.52 Å². The number of nitrogens with two attached hydrogens (primary N) is 1. The van der Waals surface area contributed by atoms with Crippen LogP contribution in [0.3, 0.4) is 0 Å². The Morgan fingerprint density at radius 1 is 1.38 bits per heavy atom. The smallest absolute Gasteiger partial charge is 0.248 e. The summed E-state index contributed by atoms with van der Waals surface area (Å²) < 4.78 is 6.82. The van der Waals surface area contributed by atoms with Gasteiger partial charge in [-0.25, -0.2) is 4.68 Å². The van der Waals surface area contributed by atoms with Crippen LogP contribution < -0.4 is 5.73 Å². The first-order chi connectivity index (χ1) is 10.3. The minimum atomic E-state index is -0.106. The number of nitrogens with zero attached hydrogens (tertiary/aromatic N) is 6. The van der Waals surface area contributed by atoms with E-state index in [4.69, 9.17) is 10.3 Å². The molecule has 0 aliphatic rings. The van der Waals surface area contributed by atoms with Gasteiger partial charge in [0, 0.05) is 6.20 Å². The lowest BCUT2D eigenvalue weighted by Crippen LogP contribution is -2.08. The van der Waals surface area contributed by atoms with E-state index in [2.05, 4.69) is 25.4 Å². The molecule has 0 spiro atoms. The molecule has 0 bridgehead atoms. The van der Waals surface area contributed by atoms with Crippen molar-refractivity contribution in [1.29, 1.82) is 0 Å². The van der Waals surface area contributed by atoms with E-state index in [9.17, 15) is 0 Å². The zero-order chi connectivity index (χ0) is 14.7. The predicted molar refractivity (Wildman–Crippen MR) is 73.9 cm³/mol. The van der Waals surface area contributed by atoms with Crippen molar-refractivity contribution >= 4 is 0 Å². The SMILES string of the molecule is CCC(N)c1cn(Cc2nc(-c3ccccn3)no2)nn1. The lowest BCUT2D eigenvalue weighted by molar-refractivity contribution is 0.364. The molecule has 2 N–H and O–H groups in total. The molecule has 0 fully saturated rings. The van der Waals surface area contributed by atoms with Crippen LogP contribution in [0.1, 0.15) is 31.0 Å². The highest BCUT2D eigenvalue weighted by atomic mass is 16.5. The summed E-state index contributed by atoms with van der Waals surface area (Å²) in [4.78, 5) is 8.46. The Balaban J connectivity index is 1.74. The van der Waals surface area contributed by atoms with Gasteiger partial charge in [0.15, 0.2) is 0 Å². The second-order valence-electron chi connectivity index (χ2n) is 4.58. The van der Waals surface area contributed by atoms with Crippen molar-refractivity contribution in [1.82, 2.24) is 30.1 Å².